The number of amides is 1. The minimum Gasteiger partial charge on any atom is -0.369 e. The van der Waals surface area contributed by atoms with E-state index < -0.39 is 21.8 Å². The van der Waals surface area contributed by atoms with E-state index in [4.69, 9.17) is 5.73 Å². The van der Waals surface area contributed by atoms with Crippen molar-refractivity contribution in [2.45, 2.75) is 31.5 Å². The summed E-state index contributed by atoms with van der Waals surface area (Å²) in [6.07, 6.45) is 3.02. The third-order valence-electron chi connectivity index (χ3n) is 5.50. The number of sulfonamides is 1. The molecular formula is C23H23N5O4S2. The molecule has 3 heterocycles. The average Bonchev–Trinajstić information content (AvgIpc) is 3.24. The lowest BCUT2D eigenvalue weighted by Gasteiger charge is -2.13. The molecule has 1 aromatic carbocycles. The number of rotatable bonds is 7. The van der Waals surface area contributed by atoms with E-state index in [0.29, 0.717) is 39.0 Å². The van der Waals surface area contributed by atoms with Crippen LogP contribution in [0.4, 0.5) is 5.69 Å². The lowest BCUT2D eigenvalue weighted by atomic mass is 10.0. The summed E-state index contributed by atoms with van der Waals surface area (Å²) >= 11 is 1.15. The molecule has 4 rings (SSSR count). The van der Waals surface area contributed by atoms with Gasteiger partial charge in [0.2, 0.25) is 5.91 Å². The van der Waals surface area contributed by atoms with Gasteiger partial charge in [-0.1, -0.05) is 13.0 Å². The fourth-order valence-electron chi connectivity index (χ4n) is 3.47. The largest absolute Gasteiger partial charge is 0.369 e. The number of aryl methyl sites for hydroxylation is 2. The third kappa shape index (κ3) is 4.57. The molecule has 0 aliphatic rings. The van der Waals surface area contributed by atoms with Crippen LogP contribution >= 0.6 is 11.3 Å². The van der Waals surface area contributed by atoms with Gasteiger partial charge in [0.15, 0.2) is 0 Å². The van der Waals surface area contributed by atoms with E-state index in [-0.39, 0.29) is 16.3 Å². The second-order valence-corrected chi connectivity index (χ2v) is 10.9. The Morgan fingerprint density at radius 3 is 2.62 bits per heavy atom. The maximum Gasteiger partial charge on any atom is 0.271 e. The second kappa shape index (κ2) is 8.99. The van der Waals surface area contributed by atoms with Gasteiger partial charge in [-0.25, -0.2) is 13.4 Å². The smallest absolute Gasteiger partial charge is 0.271 e. The highest BCUT2D eigenvalue weighted by Crippen LogP contribution is 2.29. The highest BCUT2D eigenvalue weighted by Gasteiger charge is 2.20. The summed E-state index contributed by atoms with van der Waals surface area (Å²) in [4.78, 5) is 33.1. The van der Waals surface area contributed by atoms with Crippen LogP contribution in [0.2, 0.25) is 0 Å². The minimum absolute atomic E-state index is 0.126. The monoisotopic (exact) mass is 497 g/mol. The van der Waals surface area contributed by atoms with Crippen LogP contribution in [0.25, 0.3) is 22.0 Å². The van der Waals surface area contributed by atoms with E-state index in [1.54, 1.807) is 62.7 Å². The number of carbonyl (C=O) groups is 1. The summed E-state index contributed by atoms with van der Waals surface area (Å²) < 4.78 is 30.0. The number of benzene rings is 1. The molecule has 34 heavy (non-hydrogen) atoms. The molecule has 1 amide bonds. The summed E-state index contributed by atoms with van der Waals surface area (Å²) in [7, 11) is -3.76. The van der Waals surface area contributed by atoms with Gasteiger partial charge < -0.3 is 5.73 Å². The van der Waals surface area contributed by atoms with Crippen molar-refractivity contribution in [3.05, 3.63) is 69.8 Å². The fourth-order valence-corrected chi connectivity index (χ4v) is 6.00. The van der Waals surface area contributed by atoms with Crippen LogP contribution in [0.3, 0.4) is 0 Å². The molecule has 3 N–H and O–H groups in total. The molecular weight excluding hydrogens is 474 g/mol. The van der Waals surface area contributed by atoms with E-state index in [2.05, 4.69) is 14.7 Å². The highest BCUT2D eigenvalue weighted by molar-refractivity contribution is 7.94. The van der Waals surface area contributed by atoms with Crippen molar-refractivity contribution >= 4 is 43.9 Å². The number of anilines is 1. The van der Waals surface area contributed by atoms with Crippen molar-refractivity contribution in [1.82, 2.24) is 14.5 Å². The van der Waals surface area contributed by atoms with Crippen LogP contribution in [0.5, 0.6) is 0 Å². The Bertz CT molecular complexity index is 1570. The lowest BCUT2D eigenvalue weighted by Crippen LogP contribution is -2.30. The molecule has 0 fully saturated rings. The zero-order valence-electron chi connectivity index (χ0n) is 18.8. The lowest BCUT2D eigenvalue weighted by molar-refractivity contribution is -0.121. The highest BCUT2D eigenvalue weighted by atomic mass is 32.2. The SMILES string of the molecule is Cc1ccsc1S(=O)(=O)Nc1cc(-c2ccc3ncn(C[C@H](C)C(N)=O)c(=O)c3c2)cnc1C. The number of nitrogens with one attached hydrogen (secondary N) is 1. The number of nitrogens with two attached hydrogens (primary N) is 1. The molecule has 0 radical (unpaired) electrons. The minimum atomic E-state index is -3.76. The number of pyridine rings is 1. The molecule has 1 atom stereocenters. The maximum absolute atomic E-state index is 13.0. The van der Waals surface area contributed by atoms with Crippen molar-refractivity contribution in [1.29, 1.82) is 0 Å². The Kier molecular flexibility index (Phi) is 6.24. The van der Waals surface area contributed by atoms with E-state index in [0.717, 1.165) is 11.3 Å². The van der Waals surface area contributed by atoms with Crippen LogP contribution in [0.1, 0.15) is 18.2 Å². The Morgan fingerprint density at radius 1 is 1.18 bits per heavy atom. The molecule has 0 unspecified atom stereocenters. The van der Waals surface area contributed by atoms with Crippen molar-refractivity contribution in [2.24, 2.45) is 11.7 Å². The summed E-state index contributed by atoms with van der Waals surface area (Å²) in [5.41, 5.74) is 8.38. The van der Waals surface area contributed by atoms with Crippen LogP contribution in [0.15, 0.2) is 57.2 Å². The molecule has 0 aliphatic carbocycles. The summed E-state index contributed by atoms with van der Waals surface area (Å²) in [6, 6.07) is 8.63. The summed E-state index contributed by atoms with van der Waals surface area (Å²) in [5.74, 6) is -1.02. The first kappa shape index (κ1) is 23.6. The normalized spacial score (nSPS) is 12.6. The molecule has 0 bridgehead atoms. The van der Waals surface area contributed by atoms with Crippen molar-refractivity contribution < 1.29 is 13.2 Å². The maximum atomic E-state index is 13.0. The number of carbonyl (C=O) groups excluding carboxylic acids is 1. The molecule has 0 aliphatic heterocycles. The molecule has 4 aromatic rings. The van der Waals surface area contributed by atoms with Crippen LogP contribution in [-0.4, -0.2) is 28.9 Å². The number of fused-ring (bicyclic) bond motifs is 1. The summed E-state index contributed by atoms with van der Waals surface area (Å²) in [5, 5.41) is 2.10. The van der Waals surface area contributed by atoms with Crippen LogP contribution in [-0.2, 0) is 21.4 Å². The van der Waals surface area contributed by atoms with Gasteiger partial charge in [0.25, 0.3) is 15.6 Å². The summed E-state index contributed by atoms with van der Waals surface area (Å²) in [6.45, 7) is 5.23. The molecule has 0 saturated heterocycles. The zero-order chi connectivity index (χ0) is 24.6. The molecule has 0 saturated carbocycles. The van der Waals surface area contributed by atoms with Gasteiger partial charge in [-0.15, -0.1) is 11.3 Å². The van der Waals surface area contributed by atoms with E-state index in [1.807, 2.05) is 0 Å². The Hall–Kier alpha value is -3.57. The van der Waals surface area contributed by atoms with E-state index in [9.17, 15) is 18.0 Å². The van der Waals surface area contributed by atoms with E-state index >= 15 is 0 Å². The number of nitrogens with zero attached hydrogens (tertiary/aromatic N) is 3. The predicted molar refractivity (Wildman–Crippen MR) is 132 cm³/mol. The van der Waals surface area contributed by atoms with Crippen molar-refractivity contribution in [2.75, 3.05) is 4.72 Å². The quantitative estimate of drug-likeness (QED) is 0.403. The number of hydrogen-bond acceptors (Lipinski definition) is 7. The first-order valence-electron chi connectivity index (χ1n) is 10.4. The van der Waals surface area contributed by atoms with E-state index in [1.165, 1.54) is 10.9 Å². The topological polar surface area (TPSA) is 137 Å². The predicted octanol–water partition coefficient (Wildman–Crippen LogP) is 3.06. The number of primary amides is 1. The van der Waals surface area contributed by atoms with Gasteiger partial charge in [-0.3, -0.25) is 23.9 Å². The third-order valence-corrected chi connectivity index (χ3v) is 8.56. The molecule has 3 aromatic heterocycles. The van der Waals surface area contributed by atoms with Gasteiger partial charge >= 0.3 is 0 Å². The molecule has 0 spiro atoms. The Balaban J connectivity index is 1.73. The van der Waals surface area contributed by atoms with Gasteiger partial charge in [0.1, 0.15) is 4.21 Å². The standard InChI is InChI=1S/C23H23N5O4S2/c1-13-6-7-33-23(13)34(31,32)27-20-9-17(10-25-15(20)3)16-4-5-19-18(8-16)22(30)28(12-26-19)11-14(2)21(24)29/h4-10,12,14,27H,11H2,1-3H3,(H2,24,29)/t14-/m0/s1. The zero-order valence-corrected chi connectivity index (χ0v) is 20.4. The van der Waals surface area contributed by atoms with Crippen molar-refractivity contribution in [3.63, 3.8) is 0 Å². The van der Waals surface area contributed by atoms with Crippen LogP contribution < -0.4 is 16.0 Å². The van der Waals surface area contributed by atoms with Gasteiger partial charge in [0, 0.05) is 18.3 Å². The van der Waals surface area contributed by atoms with Gasteiger partial charge in [-0.05, 0) is 54.6 Å². The van der Waals surface area contributed by atoms with Gasteiger partial charge in [-0.2, -0.15) is 0 Å². The Labute approximate surface area is 200 Å². The van der Waals surface area contributed by atoms with Crippen molar-refractivity contribution in [3.8, 4) is 11.1 Å². The average molecular weight is 498 g/mol. The molecule has 176 valence electrons. The second-order valence-electron chi connectivity index (χ2n) is 8.09. The fraction of sp³-hybridized carbons (Fsp3) is 0.217. The Morgan fingerprint density at radius 2 is 1.94 bits per heavy atom. The van der Waals surface area contributed by atoms with Crippen LogP contribution in [0, 0.1) is 19.8 Å². The van der Waals surface area contributed by atoms with Gasteiger partial charge in [0.05, 0.1) is 34.5 Å². The first-order valence-corrected chi connectivity index (χ1v) is 12.8. The number of aromatic nitrogens is 3. The number of thiophene rings is 1. The number of hydrogen-bond donors (Lipinski definition) is 2. The first-order chi connectivity index (χ1) is 16.1. The molecule has 9 nitrogen and oxygen atoms in total. The molecule has 11 heteroatoms.